The molecule has 2 aromatic rings. The van der Waals surface area contributed by atoms with Gasteiger partial charge in [-0.15, -0.1) is 4.40 Å². The quantitative estimate of drug-likeness (QED) is 0.670. The van der Waals surface area contributed by atoms with E-state index in [0.29, 0.717) is 10.6 Å². The summed E-state index contributed by atoms with van der Waals surface area (Å²) in [6.45, 7) is 3.23. The monoisotopic (exact) mass is 453 g/mol. The van der Waals surface area contributed by atoms with E-state index in [0.717, 1.165) is 5.56 Å². The zero-order valence-electron chi connectivity index (χ0n) is 16.9. The number of benzene rings is 2. The number of ether oxygens (including phenoxy) is 1. The lowest BCUT2D eigenvalue weighted by atomic mass is 9.91. The van der Waals surface area contributed by atoms with E-state index in [1.807, 2.05) is 30.3 Å². The zero-order valence-corrected chi connectivity index (χ0v) is 18.5. The number of rotatable bonds is 7. The van der Waals surface area contributed by atoms with E-state index in [-0.39, 0.29) is 31.8 Å². The van der Waals surface area contributed by atoms with Crippen molar-refractivity contribution in [3.05, 3.63) is 70.5 Å². The van der Waals surface area contributed by atoms with Gasteiger partial charge in [0, 0.05) is 18.1 Å². The van der Waals surface area contributed by atoms with Crippen molar-refractivity contribution in [2.75, 3.05) is 6.61 Å². The van der Waals surface area contributed by atoms with E-state index in [9.17, 15) is 17.9 Å². The highest BCUT2D eigenvalue weighted by molar-refractivity contribution is 7.91. The predicted octanol–water partition coefficient (Wildman–Crippen LogP) is 4.48. The number of sulfonamides is 1. The van der Waals surface area contributed by atoms with Crippen LogP contribution in [0.2, 0.25) is 5.02 Å². The molecule has 2 atom stereocenters. The Labute approximate surface area is 181 Å². The first-order chi connectivity index (χ1) is 14.1. The summed E-state index contributed by atoms with van der Waals surface area (Å²) >= 11 is 6.00. The molecule has 8 heteroatoms. The normalized spacial score (nSPS) is 20.8. The van der Waals surface area contributed by atoms with E-state index < -0.39 is 32.6 Å². The summed E-state index contributed by atoms with van der Waals surface area (Å²) in [5.41, 5.74) is 0.146. The fourth-order valence-electron chi connectivity index (χ4n) is 3.77. The molecule has 162 valence electrons. The van der Waals surface area contributed by atoms with E-state index in [4.69, 9.17) is 16.3 Å². The Kier molecular flexibility index (Phi) is 6.84. The van der Waals surface area contributed by atoms with Gasteiger partial charge in [0.25, 0.3) is 10.0 Å². The van der Waals surface area contributed by atoms with E-state index in [1.165, 1.54) is 18.2 Å². The second kappa shape index (κ2) is 9.04. The summed E-state index contributed by atoms with van der Waals surface area (Å²) < 4.78 is 50.3. The molecular formula is C22H25ClFNO4S. The van der Waals surface area contributed by atoms with Crippen LogP contribution in [-0.4, -0.2) is 36.9 Å². The Hall–Kier alpha value is -1.96. The van der Waals surface area contributed by atoms with Gasteiger partial charge in [0.05, 0.1) is 0 Å². The SMILES string of the molecule is CC1(C)OC(C[C@@H](CCO)c2cc(Cl)ccc2F)=NS(=O)(=O)C1Cc1ccccc1. The van der Waals surface area contributed by atoms with Gasteiger partial charge in [-0.1, -0.05) is 41.9 Å². The molecule has 0 radical (unpaired) electrons. The molecule has 0 aliphatic carbocycles. The van der Waals surface area contributed by atoms with Crippen molar-refractivity contribution >= 4 is 27.5 Å². The third-order valence-corrected chi connectivity index (χ3v) is 7.45. The summed E-state index contributed by atoms with van der Waals surface area (Å²) in [4.78, 5) is 0. The average Bonchev–Trinajstić information content (AvgIpc) is 2.66. The summed E-state index contributed by atoms with van der Waals surface area (Å²) in [7, 11) is -3.86. The molecule has 5 nitrogen and oxygen atoms in total. The Bertz CT molecular complexity index is 1020. The Morgan fingerprint density at radius 1 is 1.23 bits per heavy atom. The Morgan fingerprint density at radius 3 is 2.57 bits per heavy atom. The van der Waals surface area contributed by atoms with Crippen molar-refractivity contribution in [1.29, 1.82) is 0 Å². The van der Waals surface area contributed by atoms with Crippen LogP contribution < -0.4 is 0 Å². The predicted molar refractivity (Wildman–Crippen MR) is 116 cm³/mol. The lowest BCUT2D eigenvalue weighted by Gasteiger charge is -2.38. The highest BCUT2D eigenvalue weighted by Gasteiger charge is 2.46. The number of nitrogens with zero attached hydrogens (tertiary/aromatic N) is 1. The first-order valence-electron chi connectivity index (χ1n) is 9.74. The first-order valence-corrected chi connectivity index (χ1v) is 11.6. The standard InChI is InChI=1S/C22H25ClFNO4S/c1-22(2)20(12-15-6-4-3-5-7-15)30(27,28)25-21(29-22)13-16(10-11-26)18-14-17(23)8-9-19(18)24/h3-9,14,16,20,26H,10-13H2,1-2H3/t16-,20?/m1/s1. The first kappa shape index (κ1) is 22.7. The number of aliphatic hydroxyl groups excluding tert-OH is 1. The molecule has 1 N–H and O–H groups in total. The Morgan fingerprint density at radius 2 is 1.93 bits per heavy atom. The molecule has 0 fully saturated rings. The molecule has 0 aromatic heterocycles. The molecule has 0 saturated carbocycles. The van der Waals surface area contributed by atoms with Crippen molar-refractivity contribution < 1.29 is 22.7 Å². The van der Waals surface area contributed by atoms with Crippen LogP contribution in [0.1, 0.15) is 43.7 Å². The minimum atomic E-state index is -3.86. The van der Waals surface area contributed by atoms with Crippen LogP contribution in [0.15, 0.2) is 52.9 Å². The number of aliphatic hydroxyl groups is 1. The largest absolute Gasteiger partial charge is 0.473 e. The van der Waals surface area contributed by atoms with Gasteiger partial charge in [-0.2, -0.15) is 0 Å². The van der Waals surface area contributed by atoms with Crippen molar-refractivity contribution in [3.63, 3.8) is 0 Å². The van der Waals surface area contributed by atoms with E-state index >= 15 is 0 Å². The maximum absolute atomic E-state index is 14.4. The van der Waals surface area contributed by atoms with Gasteiger partial charge < -0.3 is 9.84 Å². The lowest BCUT2D eigenvalue weighted by Crippen LogP contribution is -2.50. The summed E-state index contributed by atoms with van der Waals surface area (Å²) in [5.74, 6) is -0.982. The van der Waals surface area contributed by atoms with E-state index in [1.54, 1.807) is 13.8 Å². The summed E-state index contributed by atoms with van der Waals surface area (Å²) in [6.07, 6.45) is 0.530. The highest BCUT2D eigenvalue weighted by Crippen LogP contribution is 2.35. The van der Waals surface area contributed by atoms with Crippen molar-refractivity contribution in [3.8, 4) is 0 Å². The maximum atomic E-state index is 14.4. The van der Waals surface area contributed by atoms with Gasteiger partial charge >= 0.3 is 0 Å². The number of hydrogen-bond donors (Lipinski definition) is 1. The van der Waals surface area contributed by atoms with Gasteiger partial charge in [0.15, 0.2) is 0 Å². The third kappa shape index (κ3) is 5.20. The second-order valence-corrected chi connectivity index (χ2v) is 10.2. The van der Waals surface area contributed by atoms with Crippen LogP contribution in [0.4, 0.5) is 4.39 Å². The molecular weight excluding hydrogens is 429 g/mol. The van der Waals surface area contributed by atoms with Crippen molar-refractivity contribution in [1.82, 2.24) is 0 Å². The molecule has 3 rings (SSSR count). The fraction of sp³-hybridized carbons (Fsp3) is 0.409. The van der Waals surface area contributed by atoms with Crippen molar-refractivity contribution in [2.45, 2.75) is 49.9 Å². The second-order valence-electron chi connectivity index (χ2n) is 7.96. The summed E-state index contributed by atoms with van der Waals surface area (Å²) in [6, 6.07) is 13.5. The molecule has 30 heavy (non-hydrogen) atoms. The van der Waals surface area contributed by atoms with Crippen LogP contribution in [0, 0.1) is 5.82 Å². The maximum Gasteiger partial charge on any atom is 0.263 e. The van der Waals surface area contributed by atoms with Gasteiger partial charge in [-0.25, -0.2) is 12.8 Å². The van der Waals surface area contributed by atoms with Crippen molar-refractivity contribution in [2.24, 2.45) is 4.40 Å². The third-order valence-electron chi connectivity index (χ3n) is 5.31. The smallest absolute Gasteiger partial charge is 0.263 e. The van der Waals surface area contributed by atoms with Crippen LogP contribution in [0.3, 0.4) is 0 Å². The molecule has 0 amide bonds. The van der Waals surface area contributed by atoms with Crippen LogP contribution >= 0.6 is 11.6 Å². The topological polar surface area (TPSA) is 76.0 Å². The highest BCUT2D eigenvalue weighted by atomic mass is 35.5. The molecule has 1 heterocycles. The molecule has 1 aliphatic heterocycles. The Balaban J connectivity index is 1.90. The molecule has 1 aliphatic rings. The van der Waals surface area contributed by atoms with Crippen LogP contribution in [-0.2, 0) is 21.2 Å². The van der Waals surface area contributed by atoms with Gasteiger partial charge in [-0.3, -0.25) is 0 Å². The molecule has 0 saturated heterocycles. The minimum Gasteiger partial charge on any atom is -0.473 e. The van der Waals surface area contributed by atoms with Crippen LogP contribution in [0.5, 0.6) is 0 Å². The zero-order chi connectivity index (χ0) is 21.9. The number of hydrogen-bond acceptors (Lipinski definition) is 4. The number of halogens is 2. The van der Waals surface area contributed by atoms with Gasteiger partial charge in [0.2, 0.25) is 5.90 Å². The van der Waals surface area contributed by atoms with Gasteiger partial charge in [-0.05, 0) is 61.9 Å². The van der Waals surface area contributed by atoms with Gasteiger partial charge in [0.1, 0.15) is 16.7 Å². The molecule has 2 aromatic carbocycles. The minimum absolute atomic E-state index is 0.0159. The molecule has 1 unspecified atom stereocenters. The fourth-order valence-corrected chi connectivity index (χ4v) is 5.64. The van der Waals surface area contributed by atoms with Crippen LogP contribution in [0.25, 0.3) is 0 Å². The molecule has 0 bridgehead atoms. The average molecular weight is 454 g/mol. The molecule has 0 spiro atoms. The lowest BCUT2D eigenvalue weighted by molar-refractivity contribution is 0.0797. The van der Waals surface area contributed by atoms with E-state index in [2.05, 4.69) is 4.40 Å². The summed E-state index contributed by atoms with van der Waals surface area (Å²) in [5, 5.41) is 8.95.